The minimum atomic E-state index is -0.246. The molecule has 0 aromatic carbocycles. The summed E-state index contributed by atoms with van der Waals surface area (Å²) in [5.41, 5.74) is -0.246. The molecule has 1 fully saturated rings. The molecule has 0 spiro atoms. The van der Waals surface area contributed by atoms with Gasteiger partial charge >= 0.3 is 0 Å². The Morgan fingerprint density at radius 2 is 2.28 bits per heavy atom. The average Bonchev–Trinajstić information content (AvgIpc) is 2.43. The number of rotatable bonds is 7. The van der Waals surface area contributed by atoms with Gasteiger partial charge in [-0.1, -0.05) is 6.92 Å². The van der Waals surface area contributed by atoms with E-state index in [1.54, 1.807) is 14.2 Å². The molecule has 106 valence electrons. The summed E-state index contributed by atoms with van der Waals surface area (Å²) >= 11 is 0. The molecule has 0 bridgehead atoms. The van der Waals surface area contributed by atoms with E-state index in [4.69, 9.17) is 9.47 Å². The quantitative estimate of drug-likeness (QED) is 0.700. The zero-order valence-electron chi connectivity index (χ0n) is 11.8. The molecule has 0 radical (unpaired) electrons. The first-order chi connectivity index (χ1) is 8.68. The van der Waals surface area contributed by atoms with Gasteiger partial charge in [-0.3, -0.25) is 4.79 Å². The van der Waals surface area contributed by atoms with Gasteiger partial charge in [-0.05, 0) is 25.8 Å². The summed E-state index contributed by atoms with van der Waals surface area (Å²) < 4.78 is 10.3. The van der Waals surface area contributed by atoms with Crippen LogP contribution in [0.2, 0.25) is 0 Å². The molecular formula is C13H26N2O3. The lowest BCUT2D eigenvalue weighted by atomic mass is 9.77. The Morgan fingerprint density at radius 3 is 2.78 bits per heavy atom. The van der Waals surface area contributed by atoms with Crippen molar-refractivity contribution in [1.29, 1.82) is 0 Å². The average molecular weight is 258 g/mol. The van der Waals surface area contributed by atoms with Gasteiger partial charge in [0.05, 0.1) is 18.1 Å². The van der Waals surface area contributed by atoms with Gasteiger partial charge in [0.1, 0.15) is 0 Å². The number of amides is 1. The normalized spacial score (nSPS) is 25.7. The molecule has 0 saturated carbocycles. The first-order valence-corrected chi connectivity index (χ1v) is 6.69. The Kier molecular flexibility index (Phi) is 6.60. The maximum Gasteiger partial charge on any atom is 0.227 e. The second-order valence-corrected chi connectivity index (χ2v) is 4.94. The van der Waals surface area contributed by atoms with Gasteiger partial charge in [0, 0.05) is 27.3 Å². The van der Waals surface area contributed by atoms with E-state index in [1.165, 1.54) is 0 Å². The number of nitrogens with one attached hydrogen (secondary N) is 2. The van der Waals surface area contributed by atoms with Gasteiger partial charge in [-0.15, -0.1) is 0 Å². The van der Waals surface area contributed by atoms with Crippen molar-refractivity contribution in [1.82, 2.24) is 10.6 Å². The number of ether oxygens (including phenoxy) is 2. The van der Waals surface area contributed by atoms with Crippen molar-refractivity contribution in [3.8, 4) is 0 Å². The van der Waals surface area contributed by atoms with Gasteiger partial charge in [0.25, 0.3) is 0 Å². The van der Waals surface area contributed by atoms with E-state index in [-0.39, 0.29) is 17.4 Å². The maximum absolute atomic E-state index is 12.3. The van der Waals surface area contributed by atoms with Crippen LogP contribution in [0, 0.1) is 5.41 Å². The van der Waals surface area contributed by atoms with Crippen LogP contribution in [0.5, 0.6) is 0 Å². The second-order valence-electron chi connectivity index (χ2n) is 4.94. The van der Waals surface area contributed by atoms with Crippen LogP contribution in [-0.2, 0) is 14.3 Å². The third kappa shape index (κ3) is 3.93. The summed E-state index contributed by atoms with van der Waals surface area (Å²) in [6.45, 7) is 4.87. The maximum atomic E-state index is 12.3. The number of hydrogen-bond acceptors (Lipinski definition) is 4. The predicted molar refractivity (Wildman–Crippen MR) is 70.5 cm³/mol. The van der Waals surface area contributed by atoms with Gasteiger partial charge in [-0.2, -0.15) is 0 Å². The number of carbonyl (C=O) groups is 1. The lowest BCUT2D eigenvalue weighted by Crippen LogP contribution is -2.51. The van der Waals surface area contributed by atoms with Crippen molar-refractivity contribution in [3.05, 3.63) is 0 Å². The highest BCUT2D eigenvalue weighted by atomic mass is 16.5. The third-order valence-corrected chi connectivity index (χ3v) is 3.81. The molecule has 1 rings (SSSR count). The molecule has 0 aromatic heterocycles. The van der Waals surface area contributed by atoms with Gasteiger partial charge in [0.15, 0.2) is 0 Å². The van der Waals surface area contributed by atoms with Crippen molar-refractivity contribution in [2.75, 3.05) is 40.5 Å². The Morgan fingerprint density at radius 1 is 1.50 bits per heavy atom. The van der Waals surface area contributed by atoms with Crippen LogP contribution in [0.3, 0.4) is 0 Å². The van der Waals surface area contributed by atoms with Crippen molar-refractivity contribution in [2.24, 2.45) is 5.41 Å². The summed E-state index contributed by atoms with van der Waals surface area (Å²) in [5, 5.41) is 6.31. The molecule has 1 aliphatic rings. The van der Waals surface area contributed by atoms with Crippen molar-refractivity contribution in [2.45, 2.75) is 32.3 Å². The monoisotopic (exact) mass is 258 g/mol. The van der Waals surface area contributed by atoms with Crippen LogP contribution in [-0.4, -0.2) is 52.5 Å². The van der Waals surface area contributed by atoms with Crippen LogP contribution in [0.15, 0.2) is 0 Å². The van der Waals surface area contributed by atoms with Crippen molar-refractivity contribution in [3.63, 3.8) is 0 Å². The molecule has 1 amide bonds. The minimum Gasteiger partial charge on any atom is -0.382 e. The van der Waals surface area contributed by atoms with Crippen molar-refractivity contribution < 1.29 is 14.3 Å². The first-order valence-electron chi connectivity index (χ1n) is 6.69. The Bertz CT molecular complexity index is 253. The van der Waals surface area contributed by atoms with Crippen LogP contribution in [0.4, 0.5) is 0 Å². The third-order valence-electron chi connectivity index (χ3n) is 3.81. The minimum absolute atomic E-state index is 0.0793. The van der Waals surface area contributed by atoms with Gasteiger partial charge in [0.2, 0.25) is 5.91 Å². The highest BCUT2D eigenvalue weighted by molar-refractivity contribution is 5.83. The SMILES string of the molecule is CCC1(C(=O)NCC(COC)OC)CCCNC1. The number of piperidine rings is 1. The van der Waals surface area contributed by atoms with E-state index >= 15 is 0 Å². The Balaban J connectivity index is 2.46. The fourth-order valence-electron chi connectivity index (χ4n) is 2.41. The van der Waals surface area contributed by atoms with E-state index in [1.807, 2.05) is 0 Å². The standard InChI is InChI=1S/C13H26N2O3/c1-4-13(6-5-7-14-10-13)12(16)15-8-11(18-3)9-17-2/h11,14H,4-10H2,1-3H3,(H,15,16). The molecule has 5 nitrogen and oxygen atoms in total. The van der Waals surface area contributed by atoms with Crippen LogP contribution in [0.1, 0.15) is 26.2 Å². The van der Waals surface area contributed by atoms with E-state index in [9.17, 15) is 4.79 Å². The summed E-state index contributed by atoms with van der Waals surface area (Å²) in [4.78, 5) is 12.3. The molecule has 1 saturated heterocycles. The van der Waals surface area contributed by atoms with Crippen LogP contribution in [0.25, 0.3) is 0 Å². The lowest BCUT2D eigenvalue weighted by molar-refractivity contribution is -0.133. The summed E-state index contributed by atoms with van der Waals surface area (Å²) in [5.74, 6) is 0.135. The Labute approximate surface area is 110 Å². The number of hydrogen-bond donors (Lipinski definition) is 2. The van der Waals surface area contributed by atoms with Gasteiger partial charge in [-0.25, -0.2) is 0 Å². The molecule has 1 aliphatic heterocycles. The summed E-state index contributed by atoms with van der Waals surface area (Å²) in [7, 11) is 3.26. The fourth-order valence-corrected chi connectivity index (χ4v) is 2.41. The number of methoxy groups -OCH3 is 2. The Hall–Kier alpha value is -0.650. The van der Waals surface area contributed by atoms with E-state index in [0.717, 1.165) is 32.4 Å². The highest BCUT2D eigenvalue weighted by Gasteiger charge is 2.37. The van der Waals surface area contributed by atoms with Crippen molar-refractivity contribution >= 4 is 5.91 Å². The molecule has 0 aliphatic carbocycles. The highest BCUT2D eigenvalue weighted by Crippen LogP contribution is 2.30. The summed E-state index contributed by atoms with van der Waals surface area (Å²) in [6, 6.07) is 0. The van der Waals surface area contributed by atoms with Crippen LogP contribution < -0.4 is 10.6 Å². The zero-order valence-corrected chi connectivity index (χ0v) is 11.8. The lowest BCUT2D eigenvalue weighted by Gasteiger charge is -2.35. The molecule has 0 aromatic rings. The molecular weight excluding hydrogens is 232 g/mol. The van der Waals surface area contributed by atoms with E-state index in [0.29, 0.717) is 13.2 Å². The first kappa shape index (κ1) is 15.4. The second kappa shape index (κ2) is 7.71. The van der Waals surface area contributed by atoms with Gasteiger partial charge < -0.3 is 20.1 Å². The zero-order chi connectivity index (χ0) is 13.4. The molecule has 5 heteroatoms. The molecule has 2 atom stereocenters. The predicted octanol–water partition coefficient (Wildman–Crippen LogP) is 0.544. The number of carbonyl (C=O) groups excluding carboxylic acids is 1. The molecule has 1 heterocycles. The fraction of sp³-hybridized carbons (Fsp3) is 0.923. The van der Waals surface area contributed by atoms with Crippen LogP contribution >= 0.6 is 0 Å². The molecule has 18 heavy (non-hydrogen) atoms. The smallest absolute Gasteiger partial charge is 0.227 e. The van der Waals surface area contributed by atoms with E-state index in [2.05, 4.69) is 17.6 Å². The van der Waals surface area contributed by atoms with E-state index < -0.39 is 0 Å². The topological polar surface area (TPSA) is 59.6 Å². The summed E-state index contributed by atoms with van der Waals surface area (Å²) in [6.07, 6.45) is 2.81. The largest absolute Gasteiger partial charge is 0.382 e. The molecule has 2 unspecified atom stereocenters. The molecule has 2 N–H and O–H groups in total.